The van der Waals surface area contributed by atoms with Gasteiger partial charge in [-0.1, -0.05) is 32.0 Å². The lowest BCUT2D eigenvalue weighted by Crippen LogP contribution is -2.37. The van der Waals surface area contributed by atoms with E-state index in [1.165, 1.54) is 0 Å². The van der Waals surface area contributed by atoms with Crippen molar-refractivity contribution in [3.63, 3.8) is 0 Å². The van der Waals surface area contributed by atoms with Crippen LogP contribution >= 0.6 is 0 Å². The van der Waals surface area contributed by atoms with Crippen LogP contribution < -0.4 is 16.0 Å². The fourth-order valence-corrected chi connectivity index (χ4v) is 4.01. The molecular weight excluding hydrogens is 418 g/mol. The molecule has 170 valence electrons. The second-order valence-corrected chi connectivity index (χ2v) is 8.46. The van der Waals surface area contributed by atoms with Gasteiger partial charge in [0.15, 0.2) is 5.65 Å². The predicted molar refractivity (Wildman–Crippen MR) is 125 cm³/mol. The van der Waals surface area contributed by atoms with E-state index in [0.717, 1.165) is 36.3 Å². The molecule has 0 saturated carbocycles. The summed E-state index contributed by atoms with van der Waals surface area (Å²) in [4.78, 5) is 22.1. The summed E-state index contributed by atoms with van der Waals surface area (Å²) in [5, 5.41) is 18.5. The second-order valence-electron chi connectivity index (χ2n) is 8.46. The summed E-state index contributed by atoms with van der Waals surface area (Å²) in [6, 6.07) is 9.99. The number of hydrogen-bond acceptors (Lipinski definition) is 7. The number of anilines is 1. The standard InChI is InChI=1S/C23H27N9O/c1-15(2)18-14-27-32-21(18)29-20(22(33)28-17-8-10-24-13-17)30-23(32)25-12-16-6-3-4-7-19(16)31-11-5-9-26-31/h3-7,9,11,14-15,17,24H,8,10,12-13H2,1-2H3,(H,28,33)(H,25,29,30). The Bertz CT molecular complexity index is 1260. The predicted octanol–water partition coefficient (Wildman–Crippen LogP) is 2.14. The Morgan fingerprint density at radius 1 is 1.21 bits per heavy atom. The highest BCUT2D eigenvalue weighted by atomic mass is 16.2. The van der Waals surface area contributed by atoms with E-state index in [-0.39, 0.29) is 23.7 Å². The molecule has 10 nitrogen and oxygen atoms in total. The monoisotopic (exact) mass is 445 g/mol. The molecule has 1 aliphatic rings. The fraction of sp³-hybridized carbons (Fsp3) is 0.348. The first-order valence-electron chi connectivity index (χ1n) is 11.2. The number of amides is 1. The molecule has 4 aromatic rings. The second kappa shape index (κ2) is 8.99. The van der Waals surface area contributed by atoms with Gasteiger partial charge in [0.25, 0.3) is 5.91 Å². The fourth-order valence-electron chi connectivity index (χ4n) is 4.01. The van der Waals surface area contributed by atoms with Crippen molar-refractivity contribution < 1.29 is 4.79 Å². The SMILES string of the molecule is CC(C)c1cnn2c(NCc3ccccc3-n3cccn3)nc(C(=O)NC3CCNC3)nc12. The largest absolute Gasteiger partial charge is 0.350 e. The van der Waals surface area contributed by atoms with Crippen molar-refractivity contribution in [3.05, 3.63) is 65.9 Å². The van der Waals surface area contributed by atoms with Crippen LogP contribution in [0.2, 0.25) is 0 Å². The molecule has 1 aliphatic heterocycles. The minimum Gasteiger partial charge on any atom is -0.350 e. The van der Waals surface area contributed by atoms with Gasteiger partial charge in [-0.3, -0.25) is 4.79 Å². The number of fused-ring (bicyclic) bond motifs is 1. The van der Waals surface area contributed by atoms with Crippen LogP contribution in [-0.4, -0.2) is 54.4 Å². The molecule has 4 heterocycles. The molecule has 10 heteroatoms. The number of aromatic nitrogens is 6. The molecule has 1 unspecified atom stereocenters. The summed E-state index contributed by atoms with van der Waals surface area (Å²) in [6.07, 6.45) is 6.35. The topological polar surface area (TPSA) is 114 Å². The molecule has 0 radical (unpaired) electrons. The highest BCUT2D eigenvalue weighted by molar-refractivity contribution is 5.91. The minimum atomic E-state index is -0.276. The van der Waals surface area contributed by atoms with E-state index in [1.807, 2.05) is 41.2 Å². The molecule has 33 heavy (non-hydrogen) atoms. The van der Waals surface area contributed by atoms with Crippen molar-refractivity contribution in [2.45, 2.75) is 38.8 Å². The summed E-state index contributed by atoms with van der Waals surface area (Å²) < 4.78 is 3.49. The molecule has 1 fully saturated rings. The smallest absolute Gasteiger partial charge is 0.289 e. The van der Waals surface area contributed by atoms with Crippen LogP contribution in [0.5, 0.6) is 0 Å². The summed E-state index contributed by atoms with van der Waals surface area (Å²) in [5.41, 5.74) is 3.61. The maximum absolute atomic E-state index is 13.0. The Kier molecular flexibility index (Phi) is 5.74. The highest BCUT2D eigenvalue weighted by Gasteiger charge is 2.22. The lowest BCUT2D eigenvalue weighted by atomic mass is 10.1. The van der Waals surface area contributed by atoms with E-state index in [9.17, 15) is 4.79 Å². The molecule has 0 spiro atoms. The van der Waals surface area contributed by atoms with Gasteiger partial charge in [0.2, 0.25) is 11.8 Å². The van der Waals surface area contributed by atoms with Crippen LogP contribution in [0.1, 0.15) is 47.9 Å². The highest BCUT2D eigenvalue weighted by Crippen LogP contribution is 2.22. The average Bonchev–Trinajstić information content (AvgIpc) is 3.59. The number of carbonyl (C=O) groups excluding carboxylic acids is 1. The van der Waals surface area contributed by atoms with E-state index in [4.69, 9.17) is 0 Å². The zero-order valence-electron chi connectivity index (χ0n) is 18.7. The lowest BCUT2D eigenvalue weighted by molar-refractivity contribution is 0.0929. The number of rotatable bonds is 7. The van der Waals surface area contributed by atoms with Gasteiger partial charge in [-0.25, -0.2) is 9.67 Å². The Labute approximate surface area is 191 Å². The quantitative estimate of drug-likeness (QED) is 0.399. The number of hydrogen-bond donors (Lipinski definition) is 3. The van der Waals surface area contributed by atoms with E-state index in [1.54, 1.807) is 16.9 Å². The third-order valence-corrected chi connectivity index (χ3v) is 5.80. The number of carbonyl (C=O) groups is 1. The van der Waals surface area contributed by atoms with Gasteiger partial charge in [-0.15, -0.1) is 0 Å². The van der Waals surface area contributed by atoms with Crippen LogP contribution in [-0.2, 0) is 6.54 Å². The van der Waals surface area contributed by atoms with Crippen molar-refractivity contribution in [1.29, 1.82) is 0 Å². The van der Waals surface area contributed by atoms with Gasteiger partial charge >= 0.3 is 0 Å². The van der Waals surface area contributed by atoms with Crippen LogP contribution in [0.25, 0.3) is 11.3 Å². The number of nitrogens with zero attached hydrogens (tertiary/aromatic N) is 6. The van der Waals surface area contributed by atoms with Gasteiger partial charge in [0.05, 0.1) is 11.9 Å². The maximum atomic E-state index is 13.0. The van der Waals surface area contributed by atoms with Gasteiger partial charge in [0, 0.05) is 37.1 Å². The zero-order valence-corrected chi connectivity index (χ0v) is 18.7. The Morgan fingerprint density at radius 2 is 2.09 bits per heavy atom. The van der Waals surface area contributed by atoms with E-state index >= 15 is 0 Å². The van der Waals surface area contributed by atoms with Crippen molar-refractivity contribution in [3.8, 4) is 5.69 Å². The van der Waals surface area contributed by atoms with E-state index in [2.05, 4.69) is 50.0 Å². The molecule has 1 amide bonds. The van der Waals surface area contributed by atoms with Crippen LogP contribution in [0, 0.1) is 0 Å². The molecule has 3 N–H and O–H groups in total. The minimum absolute atomic E-state index is 0.0872. The molecule has 3 aromatic heterocycles. The Morgan fingerprint density at radius 3 is 2.85 bits per heavy atom. The van der Waals surface area contributed by atoms with Crippen LogP contribution in [0.15, 0.2) is 48.9 Å². The van der Waals surface area contributed by atoms with Crippen molar-refractivity contribution in [2.24, 2.45) is 0 Å². The lowest BCUT2D eigenvalue weighted by Gasteiger charge is -2.14. The number of nitrogens with one attached hydrogen (secondary N) is 3. The third kappa shape index (κ3) is 4.29. The van der Waals surface area contributed by atoms with Crippen LogP contribution in [0.4, 0.5) is 5.95 Å². The maximum Gasteiger partial charge on any atom is 0.289 e. The zero-order chi connectivity index (χ0) is 22.8. The molecular formula is C23H27N9O. The molecule has 0 aliphatic carbocycles. The number of para-hydroxylation sites is 1. The normalized spacial score (nSPS) is 15.9. The first-order valence-corrected chi connectivity index (χ1v) is 11.2. The van der Waals surface area contributed by atoms with Crippen molar-refractivity contribution >= 4 is 17.5 Å². The van der Waals surface area contributed by atoms with Crippen molar-refractivity contribution in [1.82, 2.24) is 40.0 Å². The molecule has 1 aromatic carbocycles. The van der Waals surface area contributed by atoms with E-state index < -0.39 is 0 Å². The van der Waals surface area contributed by atoms with Crippen LogP contribution in [0.3, 0.4) is 0 Å². The van der Waals surface area contributed by atoms with Crippen molar-refractivity contribution in [2.75, 3.05) is 18.4 Å². The van der Waals surface area contributed by atoms with Gasteiger partial charge in [-0.05, 0) is 36.6 Å². The summed E-state index contributed by atoms with van der Waals surface area (Å²) in [5.74, 6) is 0.541. The molecule has 0 bridgehead atoms. The summed E-state index contributed by atoms with van der Waals surface area (Å²) in [6.45, 7) is 6.29. The summed E-state index contributed by atoms with van der Waals surface area (Å²) in [7, 11) is 0. The Balaban J connectivity index is 1.48. The Hall–Kier alpha value is -3.79. The molecule has 5 rings (SSSR count). The molecule has 1 saturated heterocycles. The average molecular weight is 446 g/mol. The first kappa shape index (κ1) is 21.1. The number of benzene rings is 1. The first-order chi connectivity index (χ1) is 16.1. The van der Waals surface area contributed by atoms with E-state index in [0.29, 0.717) is 18.1 Å². The van der Waals surface area contributed by atoms with Gasteiger partial charge in [0.1, 0.15) is 0 Å². The molecule has 1 atom stereocenters. The van der Waals surface area contributed by atoms with Gasteiger partial charge < -0.3 is 16.0 Å². The van der Waals surface area contributed by atoms with Gasteiger partial charge in [-0.2, -0.15) is 19.7 Å². The summed E-state index contributed by atoms with van der Waals surface area (Å²) >= 11 is 0. The third-order valence-electron chi connectivity index (χ3n) is 5.80.